The topological polar surface area (TPSA) is 38.5 Å². The SMILES string of the molecule is CCCC1CCN(C(CN)c2ccc(OC)cc2)C1. The summed E-state index contributed by atoms with van der Waals surface area (Å²) in [6, 6.07) is 8.69. The maximum Gasteiger partial charge on any atom is 0.118 e. The van der Waals surface area contributed by atoms with E-state index in [9.17, 15) is 0 Å². The van der Waals surface area contributed by atoms with Gasteiger partial charge in [-0.25, -0.2) is 0 Å². The smallest absolute Gasteiger partial charge is 0.118 e. The van der Waals surface area contributed by atoms with Crippen molar-refractivity contribution >= 4 is 0 Å². The number of nitrogens with zero attached hydrogens (tertiary/aromatic N) is 1. The summed E-state index contributed by atoms with van der Waals surface area (Å²) in [5.41, 5.74) is 7.31. The second-order valence-corrected chi connectivity index (χ2v) is 5.46. The van der Waals surface area contributed by atoms with Gasteiger partial charge in [-0.05, 0) is 43.0 Å². The Morgan fingerprint density at radius 3 is 2.68 bits per heavy atom. The van der Waals surface area contributed by atoms with Crippen LogP contribution in [0.2, 0.25) is 0 Å². The van der Waals surface area contributed by atoms with Gasteiger partial charge in [0.2, 0.25) is 0 Å². The van der Waals surface area contributed by atoms with Crippen molar-refractivity contribution in [2.45, 2.75) is 32.2 Å². The molecule has 2 atom stereocenters. The lowest BCUT2D eigenvalue weighted by molar-refractivity contribution is 0.239. The molecule has 19 heavy (non-hydrogen) atoms. The van der Waals surface area contributed by atoms with E-state index < -0.39 is 0 Å². The van der Waals surface area contributed by atoms with Crippen LogP contribution in [-0.4, -0.2) is 31.6 Å². The summed E-state index contributed by atoms with van der Waals surface area (Å²) in [6.07, 6.45) is 3.95. The molecule has 1 aliphatic heterocycles. The highest BCUT2D eigenvalue weighted by molar-refractivity contribution is 5.29. The minimum atomic E-state index is 0.354. The quantitative estimate of drug-likeness (QED) is 0.856. The highest BCUT2D eigenvalue weighted by Crippen LogP contribution is 2.29. The first kappa shape index (κ1) is 14.4. The third-order valence-electron chi connectivity index (χ3n) is 4.18. The second-order valence-electron chi connectivity index (χ2n) is 5.46. The Labute approximate surface area is 116 Å². The van der Waals surface area contributed by atoms with Gasteiger partial charge in [0.05, 0.1) is 7.11 Å². The molecule has 2 unspecified atom stereocenters. The molecule has 0 bridgehead atoms. The van der Waals surface area contributed by atoms with Crippen LogP contribution in [0.4, 0.5) is 0 Å². The molecule has 1 saturated heterocycles. The highest BCUT2D eigenvalue weighted by Gasteiger charge is 2.27. The number of benzene rings is 1. The molecule has 1 aromatic carbocycles. The Morgan fingerprint density at radius 1 is 1.37 bits per heavy atom. The zero-order valence-corrected chi connectivity index (χ0v) is 12.1. The van der Waals surface area contributed by atoms with Crippen LogP contribution in [0.25, 0.3) is 0 Å². The van der Waals surface area contributed by atoms with E-state index in [0.717, 1.165) is 11.7 Å². The summed E-state index contributed by atoms with van der Waals surface area (Å²) in [5, 5.41) is 0. The Morgan fingerprint density at radius 2 is 2.11 bits per heavy atom. The number of rotatable bonds is 6. The lowest BCUT2D eigenvalue weighted by Crippen LogP contribution is -2.32. The van der Waals surface area contributed by atoms with Crippen molar-refractivity contribution in [3.8, 4) is 5.75 Å². The fourth-order valence-electron chi connectivity index (χ4n) is 3.11. The first-order chi connectivity index (χ1) is 9.28. The zero-order valence-electron chi connectivity index (χ0n) is 12.1. The van der Waals surface area contributed by atoms with Gasteiger partial charge >= 0.3 is 0 Å². The number of hydrogen-bond donors (Lipinski definition) is 1. The third kappa shape index (κ3) is 3.48. The van der Waals surface area contributed by atoms with Gasteiger partial charge in [-0.15, -0.1) is 0 Å². The molecule has 3 nitrogen and oxygen atoms in total. The maximum absolute atomic E-state index is 6.00. The van der Waals surface area contributed by atoms with Crippen LogP contribution in [0.3, 0.4) is 0 Å². The molecule has 0 radical (unpaired) electrons. The molecular formula is C16H26N2O. The third-order valence-corrected chi connectivity index (χ3v) is 4.18. The molecular weight excluding hydrogens is 236 g/mol. The number of ether oxygens (including phenoxy) is 1. The molecule has 1 aliphatic rings. The lowest BCUT2D eigenvalue weighted by Gasteiger charge is -2.27. The summed E-state index contributed by atoms with van der Waals surface area (Å²) < 4.78 is 5.21. The Balaban J connectivity index is 2.03. The molecule has 2 N–H and O–H groups in total. The van der Waals surface area contributed by atoms with Crippen LogP contribution in [0.1, 0.15) is 37.8 Å². The van der Waals surface area contributed by atoms with Gasteiger partial charge in [0.15, 0.2) is 0 Å². The van der Waals surface area contributed by atoms with Crippen molar-refractivity contribution in [1.29, 1.82) is 0 Å². The second kappa shape index (κ2) is 6.92. The molecule has 2 rings (SSSR count). The fraction of sp³-hybridized carbons (Fsp3) is 0.625. The standard InChI is InChI=1S/C16H26N2O/c1-3-4-13-9-10-18(12-13)16(11-17)14-5-7-15(19-2)8-6-14/h5-8,13,16H,3-4,9-12,17H2,1-2H3. The minimum absolute atomic E-state index is 0.354. The molecule has 1 heterocycles. The van der Waals surface area contributed by atoms with E-state index in [4.69, 9.17) is 10.5 Å². The number of nitrogens with two attached hydrogens (primary N) is 1. The summed E-state index contributed by atoms with van der Waals surface area (Å²) in [5.74, 6) is 1.77. The van der Waals surface area contributed by atoms with Crippen molar-refractivity contribution in [3.63, 3.8) is 0 Å². The number of hydrogen-bond acceptors (Lipinski definition) is 3. The van der Waals surface area contributed by atoms with Gasteiger partial charge in [0, 0.05) is 19.1 Å². The van der Waals surface area contributed by atoms with Gasteiger partial charge in [-0.3, -0.25) is 4.90 Å². The van der Waals surface area contributed by atoms with Crippen LogP contribution in [0, 0.1) is 5.92 Å². The van der Waals surface area contributed by atoms with Crippen molar-refractivity contribution in [2.75, 3.05) is 26.7 Å². The molecule has 0 aliphatic carbocycles. The first-order valence-corrected chi connectivity index (χ1v) is 7.36. The van der Waals surface area contributed by atoms with E-state index in [1.165, 1.54) is 37.9 Å². The summed E-state index contributed by atoms with van der Waals surface area (Å²) in [7, 11) is 1.70. The van der Waals surface area contributed by atoms with Crippen LogP contribution >= 0.6 is 0 Å². The molecule has 106 valence electrons. The molecule has 3 heteroatoms. The van der Waals surface area contributed by atoms with Crippen molar-refractivity contribution < 1.29 is 4.74 Å². The monoisotopic (exact) mass is 262 g/mol. The molecule has 0 amide bonds. The first-order valence-electron chi connectivity index (χ1n) is 7.36. The average molecular weight is 262 g/mol. The predicted octanol–water partition coefficient (Wildman–Crippen LogP) is 2.82. The summed E-state index contributed by atoms with van der Waals surface area (Å²) in [6.45, 7) is 5.33. The molecule has 0 saturated carbocycles. The summed E-state index contributed by atoms with van der Waals surface area (Å²) >= 11 is 0. The van der Waals surface area contributed by atoms with Crippen molar-refractivity contribution in [3.05, 3.63) is 29.8 Å². The molecule has 1 aromatic rings. The number of methoxy groups -OCH3 is 1. The Bertz CT molecular complexity index is 377. The van der Waals surface area contributed by atoms with Gasteiger partial charge in [0.1, 0.15) is 5.75 Å². The van der Waals surface area contributed by atoms with E-state index in [-0.39, 0.29) is 0 Å². The normalized spacial score (nSPS) is 21.5. The zero-order chi connectivity index (χ0) is 13.7. The van der Waals surface area contributed by atoms with E-state index in [0.29, 0.717) is 12.6 Å². The minimum Gasteiger partial charge on any atom is -0.497 e. The van der Waals surface area contributed by atoms with Crippen LogP contribution in [0.5, 0.6) is 5.75 Å². The van der Waals surface area contributed by atoms with Crippen LogP contribution < -0.4 is 10.5 Å². The van der Waals surface area contributed by atoms with Crippen LogP contribution in [0.15, 0.2) is 24.3 Å². The van der Waals surface area contributed by atoms with Crippen molar-refractivity contribution in [1.82, 2.24) is 4.90 Å². The molecule has 0 spiro atoms. The molecule has 0 aromatic heterocycles. The van der Waals surface area contributed by atoms with E-state index in [2.05, 4.69) is 24.0 Å². The number of likely N-dealkylation sites (tertiary alicyclic amines) is 1. The fourth-order valence-corrected chi connectivity index (χ4v) is 3.11. The Kier molecular flexibility index (Phi) is 5.23. The van der Waals surface area contributed by atoms with E-state index in [1.807, 2.05) is 12.1 Å². The average Bonchev–Trinajstić information content (AvgIpc) is 2.89. The highest BCUT2D eigenvalue weighted by atomic mass is 16.5. The molecule has 1 fully saturated rings. The van der Waals surface area contributed by atoms with E-state index >= 15 is 0 Å². The maximum atomic E-state index is 6.00. The largest absolute Gasteiger partial charge is 0.497 e. The van der Waals surface area contributed by atoms with Crippen LogP contribution in [-0.2, 0) is 0 Å². The lowest BCUT2D eigenvalue weighted by atomic mass is 10.0. The Hall–Kier alpha value is -1.06. The summed E-state index contributed by atoms with van der Waals surface area (Å²) in [4.78, 5) is 2.54. The van der Waals surface area contributed by atoms with Gasteiger partial charge in [-0.2, -0.15) is 0 Å². The van der Waals surface area contributed by atoms with Gasteiger partial charge in [0.25, 0.3) is 0 Å². The predicted molar refractivity (Wildman–Crippen MR) is 79.4 cm³/mol. The van der Waals surface area contributed by atoms with Crippen molar-refractivity contribution in [2.24, 2.45) is 11.7 Å². The van der Waals surface area contributed by atoms with Gasteiger partial charge < -0.3 is 10.5 Å². The van der Waals surface area contributed by atoms with E-state index in [1.54, 1.807) is 7.11 Å². The van der Waals surface area contributed by atoms with Gasteiger partial charge in [-0.1, -0.05) is 25.5 Å².